The maximum Gasteiger partial charge on any atom is 0.243 e. The molecule has 4 rings (SSSR count). The van der Waals surface area contributed by atoms with Crippen molar-refractivity contribution in [3.05, 3.63) is 60.2 Å². The Bertz CT molecular complexity index is 1010. The summed E-state index contributed by atoms with van der Waals surface area (Å²) in [6.07, 6.45) is 3.95. The Morgan fingerprint density at radius 1 is 0.824 bits per heavy atom. The molecule has 2 aliphatic rings. The second-order valence-electron chi connectivity index (χ2n) is 9.12. The number of anilines is 1. The van der Waals surface area contributed by atoms with Crippen molar-refractivity contribution in [3.8, 4) is 0 Å². The van der Waals surface area contributed by atoms with Gasteiger partial charge in [0.1, 0.15) is 0 Å². The van der Waals surface area contributed by atoms with E-state index in [1.54, 1.807) is 16.4 Å². The topological polar surface area (TPSA) is 73.0 Å². The maximum absolute atomic E-state index is 12.8. The molecule has 7 nitrogen and oxygen atoms in total. The number of piperazine rings is 1. The van der Waals surface area contributed by atoms with Crippen LogP contribution in [0.1, 0.15) is 31.2 Å². The van der Waals surface area contributed by atoms with E-state index in [0.717, 1.165) is 57.5 Å². The van der Waals surface area contributed by atoms with Crippen molar-refractivity contribution in [2.75, 3.05) is 57.3 Å². The first-order valence-electron chi connectivity index (χ1n) is 12.4. The fraction of sp³-hybridized carbons (Fsp3) is 0.500. The van der Waals surface area contributed by atoms with E-state index in [2.05, 4.69) is 39.4 Å². The summed E-state index contributed by atoms with van der Waals surface area (Å²) in [6, 6.07) is 17.5. The average Bonchev–Trinajstić information content (AvgIpc) is 2.89. The Balaban J connectivity index is 1.14. The summed E-state index contributed by atoms with van der Waals surface area (Å²) in [6.45, 7) is 6.71. The smallest absolute Gasteiger partial charge is 0.243 e. The molecule has 0 bridgehead atoms. The first-order valence-corrected chi connectivity index (χ1v) is 13.8. The van der Waals surface area contributed by atoms with E-state index in [-0.39, 0.29) is 5.91 Å². The minimum Gasteiger partial charge on any atom is -0.369 e. The van der Waals surface area contributed by atoms with E-state index >= 15 is 0 Å². The molecule has 8 heteroatoms. The molecular weight excluding hydrogens is 448 g/mol. The third kappa shape index (κ3) is 6.58. The summed E-state index contributed by atoms with van der Waals surface area (Å²) in [7, 11) is -3.41. The van der Waals surface area contributed by atoms with Crippen LogP contribution in [0.5, 0.6) is 0 Å². The standard InChI is InChI=1S/C26H36N4O3S/c31-26(27-15-18-28-19-21-29(22-20-28)24-7-3-1-4-8-24)14-11-23-9-12-25(13-10-23)34(32,33)30-16-5-2-6-17-30/h1,3-4,7-10,12-13H,2,5-6,11,14-22H2,(H,27,31). The van der Waals surface area contributed by atoms with Crippen LogP contribution in [0.25, 0.3) is 0 Å². The van der Waals surface area contributed by atoms with Gasteiger partial charge in [0.05, 0.1) is 4.90 Å². The summed E-state index contributed by atoms with van der Waals surface area (Å²) >= 11 is 0. The largest absolute Gasteiger partial charge is 0.369 e. The van der Waals surface area contributed by atoms with Crippen LogP contribution in [0.3, 0.4) is 0 Å². The number of nitrogens with zero attached hydrogens (tertiary/aromatic N) is 3. The van der Waals surface area contributed by atoms with Gasteiger partial charge in [0.15, 0.2) is 0 Å². The molecule has 0 aliphatic carbocycles. The summed E-state index contributed by atoms with van der Waals surface area (Å²) in [4.78, 5) is 17.4. The summed E-state index contributed by atoms with van der Waals surface area (Å²) in [5, 5.41) is 3.02. The zero-order valence-corrected chi connectivity index (χ0v) is 20.7. The predicted molar refractivity (Wildman–Crippen MR) is 135 cm³/mol. The molecule has 0 radical (unpaired) electrons. The number of carbonyl (C=O) groups is 1. The van der Waals surface area contributed by atoms with Crippen LogP contribution in [-0.4, -0.2) is 75.9 Å². The lowest BCUT2D eigenvalue weighted by Crippen LogP contribution is -2.48. The normalized spacial score (nSPS) is 18.1. The van der Waals surface area contributed by atoms with E-state index in [9.17, 15) is 13.2 Å². The second-order valence-corrected chi connectivity index (χ2v) is 11.1. The zero-order valence-electron chi connectivity index (χ0n) is 19.9. The van der Waals surface area contributed by atoms with Gasteiger partial charge in [-0.05, 0) is 49.1 Å². The lowest BCUT2D eigenvalue weighted by Gasteiger charge is -2.36. The number of carbonyl (C=O) groups excluding carboxylic acids is 1. The summed E-state index contributed by atoms with van der Waals surface area (Å²) in [5.74, 6) is 0.0351. The van der Waals surface area contributed by atoms with E-state index in [4.69, 9.17) is 0 Å². The Hall–Kier alpha value is -2.42. The van der Waals surface area contributed by atoms with Gasteiger partial charge in [-0.1, -0.05) is 36.8 Å². The van der Waals surface area contributed by atoms with Gasteiger partial charge in [0.2, 0.25) is 15.9 Å². The predicted octanol–water partition coefficient (Wildman–Crippen LogP) is 2.73. The Labute approximate surface area is 203 Å². The number of piperidine rings is 1. The third-order valence-corrected chi connectivity index (χ3v) is 8.67. The molecule has 184 valence electrons. The molecule has 2 fully saturated rings. The zero-order chi connectivity index (χ0) is 23.8. The Morgan fingerprint density at radius 3 is 2.18 bits per heavy atom. The number of rotatable bonds is 9. The molecule has 2 saturated heterocycles. The minimum atomic E-state index is -3.41. The van der Waals surface area contributed by atoms with Gasteiger partial charge in [-0.25, -0.2) is 8.42 Å². The highest BCUT2D eigenvalue weighted by Gasteiger charge is 2.25. The lowest BCUT2D eigenvalue weighted by molar-refractivity contribution is -0.121. The van der Waals surface area contributed by atoms with Gasteiger partial charge in [-0.2, -0.15) is 4.31 Å². The molecule has 2 aromatic carbocycles. The number of nitrogens with one attached hydrogen (secondary N) is 1. The van der Waals surface area contributed by atoms with E-state index in [1.165, 1.54) is 5.69 Å². The maximum atomic E-state index is 12.8. The van der Waals surface area contributed by atoms with Crippen LogP contribution in [-0.2, 0) is 21.2 Å². The van der Waals surface area contributed by atoms with Gasteiger partial charge in [0.25, 0.3) is 0 Å². The molecule has 0 aromatic heterocycles. The summed E-state index contributed by atoms with van der Waals surface area (Å²) < 4.78 is 27.1. The van der Waals surface area contributed by atoms with Crippen molar-refractivity contribution < 1.29 is 13.2 Å². The van der Waals surface area contributed by atoms with E-state index in [1.807, 2.05) is 18.2 Å². The highest BCUT2D eigenvalue weighted by atomic mass is 32.2. The number of hydrogen-bond donors (Lipinski definition) is 1. The molecule has 0 saturated carbocycles. The van der Waals surface area contributed by atoms with Crippen LogP contribution in [0.15, 0.2) is 59.5 Å². The number of aryl methyl sites for hydroxylation is 1. The highest BCUT2D eigenvalue weighted by Crippen LogP contribution is 2.21. The van der Waals surface area contributed by atoms with Crippen LogP contribution in [0.4, 0.5) is 5.69 Å². The quantitative estimate of drug-likeness (QED) is 0.593. The number of amides is 1. The van der Waals surface area contributed by atoms with Crippen LogP contribution >= 0.6 is 0 Å². The van der Waals surface area contributed by atoms with Crippen LogP contribution < -0.4 is 10.2 Å². The highest BCUT2D eigenvalue weighted by molar-refractivity contribution is 7.89. The van der Waals surface area contributed by atoms with Crippen molar-refractivity contribution in [1.29, 1.82) is 0 Å². The minimum absolute atomic E-state index is 0.0351. The van der Waals surface area contributed by atoms with Gasteiger partial charge in [0, 0.05) is 64.5 Å². The third-order valence-electron chi connectivity index (χ3n) is 6.76. The molecule has 34 heavy (non-hydrogen) atoms. The fourth-order valence-corrected chi connectivity index (χ4v) is 6.17. The number of hydrogen-bond acceptors (Lipinski definition) is 5. The van der Waals surface area contributed by atoms with E-state index < -0.39 is 10.0 Å². The lowest BCUT2D eigenvalue weighted by atomic mass is 10.1. The number of benzene rings is 2. The molecule has 2 heterocycles. The van der Waals surface area contributed by atoms with Crippen molar-refractivity contribution in [2.45, 2.75) is 37.0 Å². The van der Waals surface area contributed by atoms with Gasteiger partial charge < -0.3 is 10.2 Å². The SMILES string of the molecule is O=C(CCc1ccc(S(=O)(=O)N2CCCCC2)cc1)NCCN1CCN(c2ccccc2)CC1. The van der Waals surface area contributed by atoms with Gasteiger partial charge >= 0.3 is 0 Å². The van der Waals surface area contributed by atoms with Crippen molar-refractivity contribution in [3.63, 3.8) is 0 Å². The molecule has 0 spiro atoms. The summed E-state index contributed by atoms with van der Waals surface area (Å²) in [5.41, 5.74) is 2.25. The monoisotopic (exact) mass is 484 g/mol. The fourth-order valence-electron chi connectivity index (χ4n) is 4.65. The van der Waals surface area contributed by atoms with Crippen LogP contribution in [0.2, 0.25) is 0 Å². The first kappa shape index (κ1) is 24.7. The van der Waals surface area contributed by atoms with Gasteiger partial charge in [-0.3, -0.25) is 9.69 Å². The van der Waals surface area contributed by atoms with E-state index in [0.29, 0.717) is 37.4 Å². The Morgan fingerprint density at radius 2 is 1.50 bits per heavy atom. The van der Waals surface area contributed by atoms with Gasteiger partial charge in [-0.15, -0.1) is 0 Å². The molecule has 1 amide bonds. The van der Waals surface area contributed by atoms with Crippen molar-refractivity contribution >= 4 is 21.6 Å². The molecule has 0 atom stereocenters. The molecule has 2 aliphatic heterocycles. The molecule has 1 N–H and O–H groups in total. The van der Waals surface area contributed by atoms with Crippen LogP contribution in [0, 0.1) is 0 Å². The second kappa shape index (κ2) is 11.8. The average molecular weight is 485 g/mol. The molecule has 2 aromatic rings. The Kier molecular flexibility index (Phi) is 8.59. The molecular formula is C26H36N4O3S. The first-order chi connectivity index (χ1) is 16.5. The number of para-hydroxylation sites is 1. The number of sulfonamides is 1. The van der Waals surface area contributed by atoms with Crippen molar-refractivity contribution in [2.24, 2.45) is 0 Å². The van der Waals surface area contributed by atoms with Crippen molar-refractivity contribution in [1.82, 2.24) is 14.5 Å². The molecule has 0 unspecified atom stereocenters.